The van der Waals surface area contributed by atoms with Gasteiger partial charge in [-0.25, -0.2) is 0 Å². The van der Waals surface area contributed by atoms with Crippen molar-refractivity contribution in [3.8, 4) is 0 Å². The molecule has 0 aromatic carbocycles. The lowest BCUT2D eigenvalue weighted by Gasteiger charge is -2.37. The van der Waals surface area contributed by atoms with E-state index in [9.17, 15) is 4.79 Å². The number of amides is 1. The van der Waals surface area contributed by atoms with Crippen LogP contribution in [-0.4, -0.2) is 74.5 Å². The van der Waals surface area contributed by atoms with Crippen molar-refractivity contribution in [2.75, 3.05) is 46.8 Å². The van der Waals surface area contributed by atoms with E-state index in [1.165, 1.54) is 25.9 Å². The number of aliphatic imine (C=N–C) groups is 1. The van der Waals surface area contributed by atoms with Crippen LogP contribution in [0, 0.1) is 11.8 Å². The molecule has 2 atom stereocenters. The zero-order chi connectivity index (χ0) is 18.2. The Morgan fingerprint density at radius 2 is 1.92 bits per heavy atom. The number of piperidine rings is 2. The fraction of sp³-hybridized carbons (Fsp3) is 0.895. The number of nitrogens with zero attached hydrogens (tertiary/aromatic N) is 3. The molecular formula is C19H38IN5O. The average molecular weight is 479 g/mol. The lowest BCUT2D eigenvalue weighted by Crippen LogP contribution is -2.51. The highest BCUT2D eigenvalue weighted by Crippen LogP contribution is 2.21. The third-order valence-electron chi connectivity index (χ3n) is 5.75. The fourth-order valence-electron chi connectivity index (χ4n) is 4.04. The van der Waals surface area contributed by atoms with Gasteiger partial charge in [-0.1, -0.05) is 6.92 Å². The van der Waals surface area contributed by atoms with Crippen LogP contribution in [0.15, 0.2) is 4.99 Å². The molecule has 2 aliphatic rings. The number of halogens is 1. The maximum Gasteiger partial charge on any atom is 0.220 e. The summed E-state index contributed by atoms with van der Waals surface area (Å²) in [5.74, 6) is 2.48. The molecule has 1 amide bonds. The summed E-state index contributed by atoms with van der Waals surface area (Å²) >= 11 is 0. The quantitative estimate of drug-likeness (QED) is 0.361. The third kappa shape index (κ3) is 7.21. The van der Waals surface area contributed by atoms with Crippen molar-refractivity contribution in [2.45, 2.75) is 52.0 Å². The predicted molar refractivity (Wildman–Crippen MR) is 119 cm³/mol. The summed E-state index contributed by atoms with van der Waals surface area (Å²) in [6, 6.07) is 0.533. The first-order valence-electron chi connectivity index (χ1n) is 9.93. The smallest absolute Gasteiger partial charge is 0.220 e. The van der Waals surface area contributed by atoms with E-state index < -0.39 is 0 Å². The Kier molecular flexibility index (Phi) is 10.8. The minimum atomic E-state index is 0. The lowest BCUT2D eigenvalue weighted by atomic mass is 9.93. The Balaban J connectivity index is 0.00000338. The standard InChI is InChI=1S/C19H37N5O.HI/c1-15-6-5-9-24(14-15)16(2)13-22-19(21-4)23-10-7-17(8-11-23)12-18(25)20-3;/h15-17H,5-14H2,1-4H3,(H,20,25)(H,21,22);1H. The summed E-state index contributed by atoms with van der Waals surface area (Å²) in [4.78, 5) is 21.0. The maximum absolute atomic E-state index is 11.5. The molecule has 2 unspecified atom stereocenters. The Morgan fingerprint density at radius 1 is 1.23 bits per heavy atom. The second-order valence-corrected chi connectivity index (χ2v) is 7.83. The highest BCUT2D eigenvalue weighted by Gasteiger charge is 2.24. The molecule has 2 N–H and O–H groups in total. The molecule has 0 bridgehead atoms. The first-order chi connectivity index (χ1) is 12.0. The van der Waals surface area contributed by atoms with E-state index in [0.29, 0.717) is 18.4 Å². The molecule has 2 fully saturated rings. The number of guanidine groups is 1. The van der Waals surface area contributed by atoms with Gasteiger partial charge in [0, 0.05) is 52.7 Å². The van der Waals surface area contributed by atoms with Crippen molar-refractivity contribution in [3.05, 3.63) is 0 Å². The number of hydrogen-bond acceptors (Lipinski definition) is 3. The lowest BCUT2D eigenvalue weighted by molar-refractivity contribution is -0.121. The normalized spacial score (nSPS) is 23.9. The van der Waals surface area contributed by atoms with Gasteiger partial charge in [-0.15, -0.1) is 24.0 Å². The van der Waals surface area contributed by atoms with Crippen LogP contribution in [0.2, 0.25) is 0 Å². The Labute approximate surface area is 176 Å². The molecule has 0 aromatic rings. The predicted octanol–water partition coefficient (Wildman–Crippen LogP) is 2.15. The molecule has 2 heterocycles. The number of carbonyl (C=O) groups is 1. The largest absolute Gasteiger partial charge is 0.359 e. The van der Waals surface area contributed by atoms with Crippen molar-refractivity contribution in [3.63, 3.8) is 0 Å². The van der Waals surface area contributed by atoms with E-state index in [2.05, 4.69) is 39.3 Å². The SMILES string of the molecule is CN=C(NCC(C)N1CCCC(C)C1)N1CCC(CC(=O)NC)CC1.I. The molecule has 26 heavy (non-hydrogen) atoms. The van der Waals surface area contributed by atoms with Crippen LogP contribution < -0.4 is 10.6 Å². The summed E-state index contributed by atoms with van der Waals surface area (Å²) in [7, 11) is 3.58. The average Bonchev–Trinajstić information content (AvgIpc) is 2.63. The highest BCUT2D eigenvalue weighted by atomic mass is 127. The van der Waals surface area contributed by atoms with Gasteiger partial charge in [-0.3, -0.25) is 14.7 Å². The topological polar surface area (TPSA) is 60.0 Å². The van der Waals surface area contributed by atoms with Crippen LogP contribution in [0.5, 0.6) is 0 Å². The van der Waals surface area contributed by atoms with Gasteiger partial charge >= 0.3 is 0 Å². The van der Waals surface area contributed by atoms with Crippen LogP contribution in [0.1, 0.15) is 46.0 Å². The second kappa shape index (κ2) is 12.0. The molecule has 152 valence electrons. The number of likely N-dealkylation sites (tertiary alicyclic amines) is 2. The molecule has 7 heteroatoms. The van der Waals surface area contributed by atoms with Crippen molar-refractivity contribution >= 4 is 35.8 Å². The Bertz CT molecular complexity index is 451. The summed E-state index contributed by atoms with van der Waals surface area (Å²) < 4.78 is 0. The molecule has 0 radical (unpaired) electrons. The molecule has 2 aliphatic heterocycles. The maximum atomic E-state index is 11.5. The van der Waals surface area contributed by atoms with Crippen LogP contribution in [0.3, 0.4) is 0 Å². The zero-order valence-corrected chi connectivity index (χ0v) is 19.3. The summed E-state index contributed by atoms with van der Waals surface area (Å²) in [6.07, 6.45) is 5.46. The van der Waals surface area contributed by atoms with Gasteiger partial charge in [-0.2, -0.15) is 0 Å². The van der Waals surface area contributed by atoms with E-state index in [1.54, 1.807) is 7.05 Å². The van der Waals surface area contributed by atoms with Gasteiger partial charge in [-0.05, 0) is 51.0 Å². The third-order valence-corrected chi connectivity index (χ3v) is 5.75. The van der Waals surface area contributed by atoms with Crippen molar-refractivity contribution < 1.29 is 4.79 Å². The molecule has 0 spiro atoms. The number of nitrogens with one attached hydrogen (secondary N) is 2. The van der Waals surface area contributed by atoms with Crippen molar-refractivity contribution in [1.82, 2.24) is 20.4 Å². The van der Waals surface area contributed by atoms with Gasteiger partial charge in [0.25, 0.3) is 0 Å². The van der Waals surface area contributed by atoms with Gasteiger partial charge in [0.2, 0.25) is 5.91 Å². The van der Waals surface area contributed by atoms with Gasteiger partial charge in [0.1, 0.15) is 0 Å². The molecule has 2 rings (SSSR count). The van der Waals surface area contributed by atoms with Crippen molar-refractivity contribution in [1.29, 1.82) is 0 Å². The van der Waals surface area contributed by atoms with Gasteiger partial charge < -0.3 is 15.5 Å². The van der Waals surface area contributed by atoms with E-state index >= 15 is 0 Å². The molecule has 2 saturated heterocycles. The monoisotopic (exact) mass is 479 g/mol. The van der Waals surface area contributed by atoms with Crippen LogP contribution in [0.4, 0.5) is 0 Å². The van der Waals surface area contributed by atoms with E-state index in [-0.39, 0.29) is 29.9 Å². The minimum Gasteiger partial charge on any atom is -0.359 e. The molecule has 0 saturated carbocycles. The first-order valence-corrected chi connectivity index (χ1v) is 9.93. The van der Waals surface area contributed by atoms with Crippen LogP contribution in [0.25, 0.3) is 0 Å². The minimum absolute atomic E-state index is 0. The summed E-state index contributed by atoms with van der Waals surface area (Å²) in [6.45, 7) is 10.0. The summed E-state index contributed by atoms with van der Waals surface area (Å²) in [5, 5.41) is 6.30. The van der Waals surface area contributed by atoms with Crippen LogP contribution in [-0.2, 0) is 4.79 Å². The molecule has 0 aromatic heterocycles. The summed E-state index contributed by atoms with van der Waals surface area (Å²) in [5.41, 5.74) is 0. The fourth-order valence-corrected chi connectivity index (χ4v) is 4.04. The Hall–Kier alpha value is -0.570. The molecular weight excluding hydrogens is 441 g/mol. The second-order valence-electron chi connectivity index (χ2n) is 7.83. The number of hydrogen-bond donors (Lipinski definition) is 2. The van der Waals surface area contributed by atoms with Gasteiger partial charge in [0.15, 0.2) is 5.96 Å². The van der Waals surface area contributed by atoms with Crippen LogP contribution >= 0.6 is 24.0 Å². The van der Waals surface area contributed by atoms with E-state index in [4.69, 9.17) is 0 Å². The number of rotatable bonds is 5. The molecule has 6 nitrogen and oxygen atoms in total. The molecule has 0 aliphatic carbocycles. The van der Waals surface area contributed by atoms with Gasteiger partial charge in [0.05, 0.1) is 0 Å². The number of carbonyl (C=O) groups excluding carboxylic acids is 1. The highest BCUT2D eigenvalue weighted by molar-refractivity contribution is 14.0. The Morgan fingerprint density at radius 3 is 2.50 bits per heavy atom. The zero-order valence-electron chi connectivity index (χ0n) is 17.0. The van der Waals surface area contributed by atoms with E-state index in [0.717, 1.165) is 44.4 Å². The van der Waals surface area contributed by atoms with Crippen molar-refractivity contribution in [2.24, 2.45) is 16.8 Å². The first kappa shape index (κ1) is 23.5. The van der Waals surface area contributed by atoms with E-state index in [1.807, 2.05) is 7.05 Å².